The molecule has 0 saturated heterocycles. The molecule has 0 bridgehead atoms. The molecule has 1 aliphatic rings. The van der Waals surface area contributed by atoms with Crippen molar-refractivity contribution in [2.45, 2.75) is 51.6 Å². The van der Waals surface area contributed by atoms with Gasteiger partial charge < -0.3 is 0 Å². The van der Waals surface area contributed by atoms with Gasteiger partial charge >= 0.3 is 0 Å². The molecular formula is C18H21F4. The average molecular weight is 313 g/mol. The number of rotatable bonds is 5. The van der Waals surface area contributed by atoms with Crippen LogP contribution in [-0.2, 0) is 0 Å². The Labute approximate surface area is 129 Å². The van der Waals surface area contributed by atoms with Crippen LogP contribution < -0.4 is 0 Å². The van der Waals surface area contributed by atoms with Crippen molar-refractivity contribution in [3.8, 4) is 0 Å². The maximum atomic E-state index is 14.3. The lowest BCUT2D eigenvalue weighted by molar-refractivity contribution is 0.230. The number of hydrogen-bond donors (Lipinski definition) is 0. The van der Waals surface area contributed by atoms with Crippen molar-refractivity contribution in [3.63, 3.8) is 0 Å². The second-order valence-corrected chi connectivity index (χ2v) is 5.88. The second kappa shape index (κ2) is 7.80. The van der Waals surface area contributed by atoms with Gasteiger partial charge in [-0.15, -0.1) is 0 Å². The van der Waals surface area contributed by atoms with Gasteiger partial charge in [0.2, 0.25) is 0 Å². The van der Waals surface area contributed by atoms with Crippen molar-refractivity contribution in [1.29, 1.82) is 0 Å². The van der Waals surface area contributed by atoms with Crippen molar-refractivity contribution in [2.75, 3.05) is 0 Å². The third-order valence-electron chi connectivity index (χ3n) is 4.19. The summed E-state index contributed by atoms with van der Waals surface area (Å²) in [5.74, 6) is -3.40. The topological polar surface area (TPSA) is 0 Å². The molecule has 0 spiro atoms. The highest BCUT2D eigenvalue weighted by Gasteiger charge is 2.32. The number of unbranched alkanes of at least 4 members (excludes halogenated alkanes) is 1. The molecule has 1 unspecified atom stereocenters. The second-order valence-electron chi connectivity index (χ2n) is 5.88. The Morgan fingerprint density at radius 3 is 2.41 bits per heavy atom. The van der Waals surface area contributed by atoms with E-state index in [1.165, 1.54) is 0 Å². The van der Waals surface area contributed by atoms with Crippen LogP contribution in [0, 0.1) is 29.3 Å². The van der Waals surface area contributed by atoms with Gasteiger partial charge in [0.05, 0.1) is 0 Å². The Morgan fingerprint density at radius 1 is 1.14 bits per heavy atom. The average Bonchev–Trinajstić information content (AvgIpc) is 2.49. The smallest absolute Gasteiger partial charge is 0.194 e. The first kappa shape index (κ1) is 17.0. The summed E-state index contributed by atoms with van der Waals surface area (Å²) in [6, 6.07) is 1.78. The predicted molar refractivity (Wildman–Crippen MR) is 79.6 cm³/mol. The first-order chi connectivity index (χ1) is 10.5. The van der Waals surface area contributed by atoms with Crippen molar-refractivity contribution >= 4 is 0 Å². The summed E-state index contributed by atoms with van der Waals surface area (Å²) >= 11 is 0. The molecule has 121 valence electrons. The summed E-state index contributed by atoms with van der Waals surface area (Å²) in [4.78, 5) is 0. The van der Waals surface area contributed by atoms with Gasteiger partial charge in [-0.3, -0.25) is 0 Å². The van der Waals surface area contributed by atoms with E-state index in [0.717, 1.165) is 37.8 Å². The van der Waals surface area contributed by atoms with Crippen LogP contribution in [0.15, 0.2) is 24.3 Å². The lowest BCUT2D eigenvalue weighted by atomic mass is 9.76. The zero-order valence-corrected chi connectivity index (χ0v) is 12.7. The van der Waals surface area contributed by atoms with E-state index >= 15 is 0 Å². The minimum Gasteiger partial charge on any atom is -0.246 e. The molecule has 1 aromatic rings. The molecule has 1 aliphatic carbocycles. The minimum absolute atomic E-state index is 0.142. The molecule has 1 radical (unpaired) electrons. The molecule has 1 saturated carbocycles. The highest BCUT2D eigenvalue weighted by Crippen LogP contribution is 2.39. The fourth-order valence-corrected chi connectivity index (χ4v) is 2.92. The molecule has 1 aromatic carbocycles. The molecule has 0 nitrogen and oxygen atoms in total. The highest BCUT2D eigenvalue weighted by atomic mass is 19.2. The molecule has 0 heterocycles. The van der Waals surface area contributed by atoms with Crippen molar-refractivity contribution in [3.05, 3.63) is 53.2 Å². The van der Waals surface area contributed by atoms with E-state index in [2.05, 4.69) is 19.1 Å². The fourth-order valence-electron chi connectivity index (χ4n) is 2.92. The lowest BCUT2D eigenvalue weighted by Crippen LogP contribution is -2.25. The zero-order chi connectivity index (χ0) is 16.1. The third-order valence-corrected chi connectivity index (χ3v) is 4.19. The van der Waals surface area contributed by atoms with Gasteiger partial charge in [0.15, 0.2) is 17.5 Å². The first-order valence-corrected chi connectivity index (χ1v) is 7.82. The van der Waals surface area contributed by atoms with Crippen LogP contribution in [0.2, 0.25) is 0 Å². The monoisotopic (exact) mass is 313 g/mol. The molecule has 4 heteroatoms. The van der Waals surface area contributed by atoms with Crippen LogP contribution in [0.5, 0.6) is 0 Å². The zero-order valence-electron chi connectivity index (χ0n) is 12.7. The SMILES string of the molecule is CCCC=CC[C@@H]1CC[C](c2cc(F)c(F)c(F)c2)C(F)C1. The molecule has 1 fully saturated rings. The van der Waals surface area contributed by atoms with Crippen LogP contribution in [0.1, 0.15) is 51.0 Å². The summed E-state index contributed by atoms with van der Waals surface area (Å²) in [5, 5.41) is 0. The third kappa shape index (κ3) is 4.11. The summed E-state index contributed by atoms with van der Waals surface area (Å²) in [6.45, 7) is 2.10. The molecule has 0 aliphatic heterocycles. The quantitative estimate of drug-likeness (QED) is 0.360. The fraction of sp³-hybridized carbons (Fsp3) is 0.500. The van der Waals surface area contributed by atoms with Gasteiger partial charge in [0, 0.05) is 5.92 Å². The van der Waals surface area contributed by atoms with Crippen LogP contribution in [0.3, 0.4) is 0 Å². The number of hydrogen-bond acceptors (Lipinski definition) is 0. The van der Waals surface area contributed by atoms with Gasteiger partial charge in [0.1, 0.15) is 6.17 Å². The highest BCUT2D eigenvalue weighted by molar-refractivity contribution is 5.35. The maximum Gasteiger partial charge on any atom is 0.194 e. The van der Waals surface area contributed by atoms with Crippen molar-refractivity contribution in [2.24, 2.45) is 5.92 Å². The van der Waals surface area contributed by atoms with Crippen LogP contribution >= 0.6 is 0 Å². The molecular weight excluding hydrogens is 292 g/mol. The molecule has 2 atom stereocenters. The number of alkyl halides is 1. The van der Waals surface area contributed by atoms with Gasteiger partial charge in [-0.1, -0.05) is 25.5 Å². The standard InChI is InChI=1S/C18H21F4/c1-2-3-4-5-6-12-7-8-14(15(19)9-12)13-10-16(20)18(22)17(21)11-13/h4-5,10-12,15H,2-3,6-9H2,1H3/t12-,15?/m1/s1. The van der Waals surface area contributed by atoms with Gasteiger partial charge in [0.25, 0.3) is 0 Å². The number of allylic oxidation sites excluding steroid dienone is 2. The van der Waals surface area contributed by atoms with Gasteiger partial charge in [-0.25, -0.2) is 17.6 Å². The van der Waals surface area contributed by atoms with Gasteiger partial charge in [-0.05, 0) is 55.7 Å². The number of benzene rings is 1. The predicted octanol–water partition coefficient (Wildman–Crippen LogP) is 5.91. The molecule has 0 aromatic heterocycles. The molecule has 0 N–H and O–H groups in total. The largest absolute Gasteiger partial charge is 0.246 e. The molecule has 2 rings (SSSR count). The van der Waals surface area contributed by atoms with Crippen LogP contribution in [0.25, 0.3) is 0 Å². The summed E-state index contributed by atoms with van der Waals surface area (Å²) in [6.07, 6.45) is 7.52. The minimum atomic E-state index is -1.51. The van der Waals surface area contributed by atoms with Crippen LogP contribution in [0.4, 0.5) is 17.6 Å². The van der Waals surface area contributed by atoms with E-state index in [9.17, 15) is 17.6 Å². The number of halogens is 4. The van der Waals surface area contributed by atoms with E-state index in [0.29, 0.717) is 18.8 Å². The Hall–Kier alpha value is -1.32. The normalized spacial score (nSPS) is 23.3. The van der Waals surface area contributed by atoms with Crippen LogP contribution in [-0.4, -0.2) is 6.17 Å². The first-order valence-electron chi connectivity index (χ1n) is 7.82. The molecule has 0 amide bonds. The van der Waals surface area contributed by atoms with E-state index < -0.39 is 23.6 Å². The molecule has 22 heavy (non-hydrogen) atoms. The Bertz CT molecular complexity index is 501. The summed E-state index contributed by atoms with van der Waals surface area (Å²) in [7, 11) is 0. The van der Waals surface area contributed by atoms with E-state index in [1.54, 1.807) is 0 Å². The lowest BCUT2D eigenvalue weighted by Gasteiger charge is -2.31. The van der Waals surface area contributed by atoms with E-state index in [4.69, 9.17) is 0 Å². The summed E-state index contributed by atoms with van der Waals surface area (Å²) < 4.78 is 53.9. The Balaban J connectivity index is 1.99. The summed E-state index contributed by atoms with van der Waals surface area (Å²) in [5.41, 5.74) is 0.142. The van der Waals surface area contributed by atoms with Crippen molar-refractivity contribution in [1.82, 2.24) is 0 Å². The van der Waals surface area contributed by atoms with E-state index in [1.807, 2.05) is 0 Å². The van der Waals surface area contributed by atoms with Crippen molar-refractivity contribution < 1.29 is 17.6 Å². The van der Waals surface area contributed by atoms with Gasteiger partial charge in [-0.2, -0.15) is 0 Å². The van der Waals surface area contributed by atoms with E-state index in [-0.39, 0.29) is 11.5 Å². The Morgan fingerprint density at radius 2 is 1.82 bits per heavy atom. The maximum absolute atomic E-state index is 14.3. The Kier molecular flexibility index (Phi) is 6.04.